The molecule has 0 aliphatic heterocycles. The summed E-state index contributed by atoms with van der Waals surface area (Å²) in [6.45, 7) is 24.9. The van der Waals surface area contributed by atoms with E-state index in [-0.39, 0.29) is 59.4 Å². The van der Waals surface area contributed by atoms with Crippen LogP contribution in [0, 0.1) is 0 Å². The van der Waals surface area contributed by atoms with Crippen LogP contribution in [0.3, 0.4) is 0 Å². The first kappa shape index (κ1) is 120. The van der Waals surface area contributed by atoms with Crippen LogP contribution in [0.1, 0.15) is 227 Å². The molecule has 6 aliphatic rings. The number of hydrogen-bond donors (Lipinski definition) is 6. The van der Waals surface area contributed by atoms with Crippen LogP contribution < -0.4 is 31.9 Å². The maximum atomic E-state index is 9.70. The molecule has 0 spiro atoms. The Hall–Kier alpha value is -10.9. The number of methoxy groups -OCH3 is 6. The second-order valence-corrected chi connectivity index (χ2v) is 27.3. The molecule has 6 aliphatic carbocycles. The van der Waals surface area contributed by atoms with Crippen LogP contribution in [-0.4, -0.2) is 144 Å². The molecule has 0 saturated heterocycles. The Kier molecular flexibility index (Phi) is 84.5. The number of rotatable bonds is 2. The average molecular weight is 1670 g/mol. The van der Waals surface area contributed by atoms with Gasteiger partial charge < -0.3 is 60.3 Å². The molecular weight excluding hydrogens is 1520 g/mol. The number of aryl methyl sites for hydroxylation is 12. The second-order valence-electron chi connectivity index (χ2n) is 27.3. The minimum absolute atomic E-state index is 0.00463. The van der Waals surface area contributed by atoms with Crippen LogP contribution >= 0.6 is 0 Å². The molecular formula is C98H154N6O16. The largest absolute Gasteiger partial charge is 0.502 e. The standard InChI is InChI=1S/6C10H12.C4H9N.C4H8O.5C3H7NO.5C3H6O2/c6*1-2-6-10-8-4-3-7-9(10)5-1;2*1-4(2)5-3;5*1-3(5)4-2;5*1-3(4)5-2/h6*1-2,5-6H,3-4,7-8H2;5H,1H2,2-3H3;1H2,2-3H3;5*1-2H3,(H,4,5);5*1-2H3. The summed E-state index contributed by atoms with van der Waals surface area (Å²) in [7, 11) is 18.2. The van der Waals surface area contributed by atoms with Crippen LogP contribution in [0.4, 0.5) is 0 Å². The highest BCUT2D eigenvalue weighted by molar-refractivity contribution is 5.73. The van der Waals surface area contributed by atoms with E-state index in [0.29, 0.717) is 0 Å². The van der Waals surface area contributed by atoms with E-state index in [2.05, 4.69) is 219 Å². The summed E-state index contributed by atoms with van der Waals surface area (Å²) in [6.07, 6.45) is 32.3. The number of esters is 5. The Bertz CT molecular complexity index is 2870. The molecule has 0 heterocycles. The molecule has 0 aromatic heterocycles. The number of allylic oxidation sites excluding steroid dienone is 2. The average Bonchev–Trinajstić information content (AvgIpc) is 0.912. The summed E-state index contributed by atoms with van der Waals surface area (Å²) in [5.41, 5.74) is 19.9. The van der Waals surface area contributed by atoms with Crippen molar-refractivity contribution in [3.63, 3.8) is 0 Å². The molecule has 120 heavy (non-hydrogen) atoms. The maximum absolute atomic E-state index is 9.70. The van der Waals surface area contributed by atoms with Gasteiger partial charge in [0.2, 0.25) is 29.5 Å². The number of benzene rings is 6. The number of fused-ring (bicyclic) bond motifs is 6. The summed E-state index contributed by atoms with van der Waals surface area (Å²) in [5.74, 6) is -0.449. The van der Waals surface area contributed by atoms with Crippen molar-refractivity contribution in [1.29, 1.82) is 0 Å². The van der Waals surface area contributed by atoms with E-state index < -0.39 is 0 Å². The summed E-state index contributed by atoms with van der Waals surface area (Å²) in [6, 6.07) is 52.8. The molecule has 22 heteroatoms. The zero-order valence-corrected chi connectivity index (χ0v) is 77.8. The molecule has 0 atom stereocenters. The summed E-state index contributed by atoms with van der Waals surface area (Å²) in [4.78, 5) is 96.5. The third kappa shape index (κ3) is 82.2. The van der Waals surface area contributed by atoms with Crippen LogP contribution in [0.2, 0.25) is 0 Å². The van der Waals surface area contributed by atoms with Crippen molar-refractivity contribution >= 4 is 59.4 Å². The van der Waals surface area contributed by atoms with Crippen LogP contribution in [0.15, 0.2) is 170 Å². The quantitative estimate of drug-likeness (QED) is 0.0533. The fourth-order valence-electron chi connectivity index (χ4n) is 10.1. The van der Waals surface area contributed by atoms with Gasteiger partial charge >= 0.3 is 29.8 Å². The van der Waals surface area contributed by atoms with Gasteiger partial charge in [0, 0.05) is 112 Å². The lowest BCUT2D eigenvalue weighted by Crippen LogP contribution is -2.11. The van der Waals surface area contributed by atoms with Gasteiger partial charge in [-0.05, 0) is 240 Å². The van der Waals surface area contributed by atoms with E-state index in [9.17, 15) is 47.9 Å². The molecule has 6 aromatic carbocycles. The number of ether oxygens (including phenoxy) is 6. The molecule has 0 unspecified atom stereocenters. The van der Waals surface area contributed by atoms with Crippen LogP contribution in [0.25, 0.3) is 0 Å². The third-order valence-corrected chi connectivity index (χ3v) is 17.5. The molecule has 6 aromatic rings. The second kappa shape index (κ2) is 84.6. The Morgan fingerprint density at radius 3 is 0.325 bits per heavy atom. The van der Waals surface area contributed by atoms with E-state index in [1.165, 1.54) is 259 Å². The minimum atomic E-state index is -0.245. The van der Waals surface area contributed by atoms with Crippen molar-refractivity contribution < 1.29 is 76.4 Å². The monoisotopic (exact) mass is 1670 g/mol. The normalized spacial score (nSPS) is 11.6. The molecule has 0 radical (unpaired) electrons. The zero-order chi connectivity index (χ0) is 92.3. The predicted octanol–water partition coefficient (Wildman–Crippen LogP) is 17.0. The lowest BCUT2D eigenvalue weighted by molar-refractivity contribution is -0.138. The first-order valence-corrected chi connectivity index (χ1v) is 41.1. The van der Waals surface area contributed by atoms with Crippen molar-refractivity contribution in [2.45, 2.75) is 237 Å². The topological polar surface area (TPSA) is 298 Å². The molecule has 5 amide bonds. The maximum Gasteiger partial charge on any atom is 0.302 e. The fraction of sp³-hybridized carbons (Fsp3) is 0.490. The van der Waals surface area contributed by atoms with Crippen molar-refractivity contribution in [1.82, 2.24) is 31.9 Å². The number of amides is 5. The fourth-order valence-corrected chi connectivity index (χ4v) is 10.1. The summed E-state index contributed by atoms with van der Waals surface area (Å²) >= 11 is 0. The van der Waals surface area contributed by atoms with Crippen LogP contribution in [-0.2, 0) is 153 Å². The molecule has 672 valence electrons. The lowest BCUT2D eigenvalue weighted by atomic mass is 9.92. The smallest absolute Gasteiger partial charge is 0.302 e. The van der Waals surface area contributed by atoms with E-state index in [0.717, 1.165) is 11.5 Å². The van der Waals surface area contributed by atoms with Gasteiger partial charge in [-0.3, -0.25) is 47.9 Å². The van der Waals surface area contributed by atoms with Gasteiger partial charge in [-0.2, -0.15) is 0 Å². The summed E-state index contributed by atoms with van der Waals surface area (Å²) < 4.78 is 25.1. The van der Waals surface area contributed by atoms with Gasteiger partial charge in [0.25, 0.3) is 0 Å². The van der Waals surface area contributed by atoms with Gasteiger partial charge in [-0.25, -0.2) is 0 Å². The zero-order valence-electron chi connectivity index (χ0n) is 77.8. The number of carbonyl (C=O) groups is 10. The van der Waals surface area contributed by atoms with E-state index in [1.54, 1.807) is 116 Å². The van der Waals surface area contributed by atoms with Gasteiger partial charge in [-0.1, -0.05) is 159 Å². The highest BCUT2D eigenvalue weighted by Crippen LogP contribution is 2.24. The number of nitrogens with one attached hydrogen (secondary N) is 6. The molecule has 0 bridgehead atoms. The van der Waals surface area contributed by atoms with Gasteiger partial charge in [0.15, 0.2) is 0 Å². The molecule has 0 saturated carbocycles. The van der Waals surface area contributed by atoms with Crippen LogP contribution in [0.5, 0.6) is 0 Å². The Morgan fingerprint density at radius 2 is 0.283 bits per heavy atom. The van der Waals surface area contributed by atoms with Gasteiger partial charge in [-0.15, -0.1) is 0 Å². The van der Waals surface area contributed by atoms with E-state index >= 15 is 0 Å². The van der Waals surface area contributed by atoms with Gasteiger partial charge in [0.1, 0.15) is 0 Å². The minimum Gasteiger partial charge on any atom is -0.502 e. The lowest BCUT2D eigenvalue weighted by Gasteiger charge is -2.13. The van der Waals surface area contributed by atoms with Crippen molar-refractivity contribution in [3.05, 3.63) is 237 Å². The van der Waals surface area contributed by atoms with E-state index in [4.69, 9.17) is 0 Å². The molecule has 0 fully saturated rings. The number of carbonyl (C=O) groups excluding carboxylic acids is 10. The Labute approximate surface area is 723 Å². The molecule has 6 N–H and O–H groups in total. The van der Waals surface area contributed by atoms with Gasteiger partial charge in [0.05, 0.1) is 48.4 Å². The SMILES string of the molecule is C=C(C)NC.C=C(C)OC.CNC(C)=O.CNC(C)=O.CNC(C)=O.CNC(C)=O.CNC(C)=O.COC(C)=O.COC(C)=O.COC(C)=O.COC(C)=O.COC(C)=O.c1ccc2c(c1)CCCC2.c1ccc2c(c1)CCCC2.c1ccc2c(c1)CCCC2.c1ccc2c(c1)CCCC2.c1ccc2c(c1)CCCC2.c1ccc2c(c1)CCCC2. The first-order chi connectivity index (χ1) is 57.0. The highest BCUT2D eigenvalue weighted by Gasteiger charge is 2.11. The highest BCUT2D eigenvalue weighted by atomic mass is 16.5. The summed E-state index contributed by atoms with van der Waals surface area (Å²) in [5, 5.41) is 14.8. The van der Waals surface area contributed by atoms with E-state index in [1.807, 2.05) is 14.0 Å². The van der Waals surface area contributed by atoms with Crippen molar-refractivity contribution in [2.75, 3.05) is 84.9 Å². The first-order valence-electron chi connectivity index (χ1n) is 41.1. The predicted molar refractivity (Wildman–Crippen MR) is 491 cm³/mol. The molecule has 22 nitrogen and oxygen atoms in total. The molecule has 12 rings (SSSR count). The van der Waals surface area contributed by atoms with Crippen molar-refractivity contribution in [3.8, 4) is 0 Å². The third-order valence-electron chi connectivity index (χ3n) is 17.5. The Balaban J connectivity index is -0.000000290. The van der Waals surface area contributed by atoms with Crippen molar-refractivity contribution in [2.24, 2.45) is 0 Å². The number of hydrogen-bond acceptors (Lipinski definition) is 17. The Morgan fingerprint density at radius 1 is 0.208 bits per heavy atom.